The van der Waals surface area contributed by atoms with Gasteiger partial charge in [-0.15, -0.1) is 0 Å². The molecular formula is C8H8F8O2. The molecule has 0 aromatic rings. The molecule has 0 bridgehead atoms. The lowest BCUT2D eigenvalue weighted by Gasteiger charge is -2.34. The fourth-order valence-electron chi connectivity index (χ4n) is 0.911. The van der Waals surface area contributed by atoms with E-state index in [4.69, 9.17) is 0 Å². The first kappa shape index (κ1) is 15.4. The van der Waals surface area contributed by atoms with E-state index >= 15 is 0 Å². The van der Waals surface area contributed by atoms with E-state index in [0.717, 1.165) is 0 Å². The van der Waals surface area contributed by atoms with Crippen LogP contribution in [0.3, 0.4) is 0 Å². The lowest BCUT2D eigenvalue weighted by atomic mass is 10.1. The zero-order valence-electron chi connectivity index (χ0n) is 8.83. The molecule has 1 aliphatic rings. The quantitative estimate of drug-likeness (QED) is 0.553. The molecule has 0 saturated carbocycles. The van der Waals surface area contributed by atoms with E-state index in [9.17, 15) is 35.1 Å². The van der Waals surface area contributed by atoms with Crippen LogP contribution in [0, 0.1) is 0 Å². The van der Waals surface area contributed by atoms with Gasteiger partial charge in [0.1, 0.15) is 6.10 Å². The van der Waals surface area contributed by atoms with Crippen LogP contribution >= 0.6 is 0 Å². The summed E-state index contributed by atoms with van der Waals surface area (Å²) in [6, 6.07) is 0. The Morgan fingerprint density at radius 1 is 1.00 bits per heavy atom. The average molecular weight is 288 g/mol. The van der Waals surface area contributed by atoms with Gasteiger partial charge in [-0.3, -0.25) is 0 Å². The second kappa shape index (κ2) is 4.19. The zero-order chi connectivity index (χ0) is 14.4. The summed E-state index contributed by atoms with van der Waals surface area (Å²) in [6.07, 6.45) is -6.65. The van der Waals surface area contributed by atoms with E-state index in [1.165, 1.54) is 0 Å². The normalized spacial score (nSPS) is 22.2. The smallest absolute Gasteiger partial charge is 0.371 e. The Hall–Kier alpha value is -0.640. The molecule has 0 radical (unpaired) electrons. The maximum Gasteiger partial charge on any atom is 0.426 e. The van der Waals surface area contributed by atoms with Crippen molar-refractivity contribution in [3.63, 3.8) is 0 Å². The average Bonchev–Trinajstić information content (AvgIpc) is 2.95. The highest BCUT2D eigenvalue weighted by molar-refractivity contribution is 4.99. The van der Waals surface area contributed by atoms with Gasteiger partial charge in [-0.2, -0.15) is 35.1 Å². The van der Waals surface area contributed by atoms with Crippen molar-refractivity contribution in [3.05, 3.63) is 0 Å². The topological polar surface area (TPSA) is 21.8 Å². The zero-order valence-corrected chi connectivity index (χ0v) is 8.83. The molecule has 0 aromatic heterocycles. The van der Waals surface area contributed by atoms with E-state index in [0.29, 0.717) is 0 Å². The van der Waals surface area contributed by atoms with Gasteiger partial charge >= 0.3 is 23.9 Å². The van der Waals surface area contributed by atoms with Crippen molar-refractivity contribution in [1.29, 1.82) is 0 Å². The summed E-state index contributed by atoms with van der Waals surface area (Å²) < 4.78 is 109. The number of halogens is 8. The highest BCUT2D eigenvalue weighted by atomic mass is 19.4. The van der Waals surface area contributed by atoms with Crippen molar-refractivity contribution >= 4 is 0 Å². The van der Waals surface area contributed by atoms with Crippen molar-refractivity contribution < 1.29 is 44.6 Å². The first-order valence-corrected chi connectivity index (χ1v) is 4.60. The third kappa shape index (κ3) is 2.53. The Kier molecular flexibility index (Phi) is 3.59. The van der Waals surface area contributed by atoms with E-state index < -0.39 is 43.5 Å². The van der Waals surface area contributed by atoms with E-state index in [-0.39, 0.29) is 6.61 Å². The molecule has 1 unspecified atom stereocenters. The predicted octanol–water partition coefficient (Wildman–Crippen LogP) is 2.92. The van der Waals surface area contributed by atoms with Crippen molar-refractivity contribution in [2.24, 2.45) is 0 Å². The van der Waals surface area contributed by atoms with Gasteiger partial charge in [0.25, 0.3) is 0 Å². The van der Waals surface area contributed by atoms with Crippen LogP contribution < -0.4 is 0 Å². The predicted molar refractivity (Wildman–Crippen MR) is 41.2 cm³/mol. The van der Waals surface area contributed by atoms with Gasteiger partial charge in [0.2, 0.25) is 0 Å². The van der Waals surface area contributed by atoms with E-state index in [1.54, 1.807) is 0 Å². The van der Waals surface area contributed by atoms with Crippen LogP contribution in [0.5, 0.6) is 0 Å². The van der Waals surface area contributed by atoms with Crippen LogP contribution in [0.1, 0.15) is 6.92 Å². The van der Waals surface area contributed by atoms with Crippen LogP contribution in [0.4, 0.5) is 35.1 Å². The minimum absolute atomic E-state index is 0.0536. The first-order valence-electron chi connectivity index (χ1n) is 4.60. The van der Waals surface area contributed by atoms with Crippen molar-refractivity contribution in [1.82, 2.24) is 0 Å². The molecule has 0 amide bonds. The number of alkyl halides is 8. The summed E-state index contributed by atoms with van der Waals surface area (Å²) in [5, 5.41) is 0. The molecule has 2 nitrogen and oxygen atoms in total. The van der Waals surface area contributed by atoms with Gasteiger partial charge < -0.3 is 9.47 Å². The third-order valence-electron chi connectivity index (χ3n) is 2.16. The number of hydrogen-bond acceptors (Lipinski definition) is 2. The molecule has 1 atom stereocenters. The molecule has 10 heteroatoms. The number of hydrogen-bond donors (Lipinski definition) is 0. The van der Waals surface area contributed by atoms with Crippen LogP contribution in [-0.2, 0) is 9.47 Å². The highest BCUT2D eigenvalue weighted by Gasteiger charge is 2.80. The van der Waals surface area contributed by atoms with Gasteiger partial charge in [0.05, 0.1) is 13.2 Å². The maximum absolute atomic E-state index is 12.8. The molecule has 0 aromatic carbocycles. The number of epoxide rings is 1. The fraction of sp³-hybridized carbons (Fsp3) is 1.00. The largest absolute Gasteiger partial charge is 0.426 e. The van der Waals surface area contributed by atoms with Crippen LogP contribution in [0.15, 0.2) is 0 Å². The van der Waals surface area contributed by atoms with Crippen molar-refractivity contribution in [3.8, 4) is 0 Å². The molecule has 0 spiro atoms. The molecule has 1 saturated heterocycles. The third-order valence-corrected chi connectivity index (χ3v) is 2.16. The fourth-order valence-corrected chi connectivity index (χ4v) is 0.911. The van der Waals surface area contributed by atoms with Crippen molar-refractivity contribution in [2.75, 3.05) is 13.2 Å². The monoisotopic (exact) mass is 288 g/mol. The van der Waals surface area contributed by atoms with Crippen LogP contribution in [0.25, 0.3) is 0 Å². The van der Waals surface area contributed by atoms with Gasteiger partial charge in [-0.25, -0.2) is 0 Å². The molecule has 18 heavy (non-hydrogen) atoms. The Bertz CT molecular complexity index is 307. The summed E-state index contributed by atoms with van der Waals surface area (Å²) in [5.41, 5.74) is 0. The second-order valence-electron chi connectivity index (χ2n) is 3.82. The molecule has 1 rings (SSSR count). The summed E-state index contributed by atoms with van der Waals surface area (Å²) in [4.78, 5) is 0. The Labute approximate surface area is 95.8 Å². The van der Waals surface area contributed by atoms with E-state index in [2.05, 4.69) is 9.47 Å². The first-order chi connectivity index (χ1) is 7.83. The standard InChI is InChI=1S/C8H8F8O2/c1-5(9,10)6(11,12)7(13,14)8(15,16)18-3-4-2-17-4/h4H,2-3H2,1H3. The number of ether oxygens (including phenoxy) is 2. The van der Waals surface area contributed by atoms with Crippen LogP contribution in [0.2, 0.25) is 0 Å². The highest BCUT2D eigenvalue weighted by Crippen LogP contribution is 2.52. The van der Waals surface area contributed by atoms with Gasteiger partial charge in [0.15, 0.2) is 0 Å². The summed E-state index contributed by atoms with van der Waals surface area (Å²) in [7, 11) is 0. The Morgan fingerprint density at radius 3 is 1.78 bits per heavy atom. The Balaban J connectivity index is 2.87. The maximum atomic E-state index is 12.8. The molecule has 1 heterocycles. The van der Waals surface area contributed by atoms with Gasteiger partial charge in [0, 0.05) is 6.92 Å². The van der Waals surface area contributed by atoms with E-state index in [1.807, 2.05) is 0 Å². The molecule has 0 N–H and O–H groups in total. The molecule has 1 fully saturated rings. The van der Waals surface area contributed by atoms with Crippen molar-refractivity contribution in [2.45, 2.75) is 36.9 Å². The Morgan fingerprint density at radius 2 is 1.44 bits per heavy atom. The SMILES string of the molecule is CC(F)(F)C(F)(F)C(F)(F)C(F)(F)OCC1CO1. The molecule has 0 aliphatic carbocycles. The van der Waals surface area contributed by atoms with Gasteiger partial charge in [-0.05, 0) is 0 Å². The van der Waals surface area contributed by atoms with Crippen LogP contribution in [-0.4, -0.2) is 43.2 Å². The lowest BCUT2D eigenvalue weighted by Crippen LogP contribution is -2.62. The summed E-state index contributed by atoms with van der Waals surface area (Å²) >= 11 is 0. The minimum atomic E-state index is -6.35. The number of rotatable bonds is 6. The van der Waals surface area contributed by atoms with Gasteiger partial charge in [-0.1, -0.05) is 0 Å². The lowest BCUT2D eigenvalue weighted by molar-refractivity contribution is -0.425. The molecular weight excluding hydrogens is 280 g/mol. The summed E-state index contributed by atoms with van der Waals surface area (Å²) in [6.45, 7) is -1.73. The molecule has 108 valence electrons. The summed E-state index contributed by atoms with van der Waals surface area (Å²) in [5.74, 6) is -17.9. The minimum Gasteiger partial charge on any atom is -0.371 e. The second-order valence-corrected chi connectivity index (χ2v) is 3.82. The molecule has 1 aliphatic heterocycles.